The van der Waals surface area contributed by atoms with Crippen LogP contribution >= 0.6 is 0 Å². The van der Waals surface area contributed by atoms with Gasteiger partial charge in [-0.25, -0.2) is 8.78 Å². The number of aliphatic hydroxyl groups is 1. The number of hydrogen-bond acceptors (Lipinski definition) is 3. The Balaban J connectivity index is 1.93. The summed E-state index contributed by atoms with van der Waals surface area (Å²) in [5, 5.41) is 12.8. The van der Waals surface area contributed by atoms with Crippen LogP contribution in [0.25, 0.3) is 0 Å². The zero-order valence-corrected chi connectivity index (χ0v) is 11.7. The molecule has 2 rings (SSSR count). The van der Waals surface area contributed by atoms with Crippen LogP contribution in [0, 0.1) is 17.6 Å². The van der Waals surface area contributed by atoms with E-state index in [-0.39, 0.29) is 30.4 Å². The number of nitrogens with one attached hydrogen (secondary N) is 1. The average Bonchev–Trinajstić information content (AvgIpc) is 2.85. The molecule has 1 aromatic carbocycles. The SMILES string of the molecule is CNC1(CO)CCCC1CCOc1c(F)cccc1F. The maximum atomic E-state index is 13.4. The summed E-state index contributed by atoms with van der Waals surface area (Å²) in [5.74, 6) is -1.42. The number of halogens is 2. The summed E-state index contributed by atoms with van der Waals surface area (Å²) in [6.07, 6.45) is 3.61. The Labute approximate surface area is 117 Å². The molecule has 0 bridgehead atoms. The summed E-state index contributed by atoms with van der Waals surface area (Å²) in [5.41, 5.74) is -0.281. The smallest absolute Gasteiger partial charge is 0.190 e. The lowest BCUT2D eigenvalue weighted by atomic mass is 9.86. The molecular formula is C15H21F2NO2. The van der Waals surface area contributed by atoms with Gasteiger partial charge in [0.1, 0.15) is 0 Å². The highest BCUT2D eigenvalue weighted by Crippen LogP contribution is 2.37. The second-order valence-electron chi connectivity index (χ2n) is 5.34. The van der Waals surface area contributed by atoms with E-state index in [1.165, 1.54) is 18.2 Å². The topological polar surface area (TPSA) is 41.5 Å². The van der Waals surface area contributed by atoms with Crippen molar-refractivity contribution in [3.63, 3.8) is 0 Å². The van der Waals surface area contributed by atoms with Gasteiger partial charge in [0.25, 0.3) is 0 Å². The molecule has 112 valence electrons. The first-order chi connectivity index (χ1) is 9.63. The van der Waals surface area contributed by atoms with Crippen LogP contribution in [0.2, 0.25) is 0 Å². The monoisotopic (exact) mass is 285 g/mol. The van der Waals surface area contributed by atoms with Gasteiger partial charge in [-0.05, 0) is 44.4 Å². The van der Waals surface area contributed by atoms with E-state index in [1.807, 2.05) is 7.05 Å². The normalized spacial score (nSPS) is 25.9. The molecule has 0 saturated heterocycles. The van der Waals surface area contributed by atoms with Gasteiger partial charge in [0.05, 0.1) is 13.2 Å². The summed E-state index contributed by atoms with van der Waals surface area (Å²) < 4.78 is 32.1. The number of aliphatic hydroxyl groups excluding tert-OH is 1. The molecule has 5 heteroatoms. The summed E-state index contributed by atoms with van der Waals surface area (Å²) >= 11 is 0. The van der Waals surface area contributed by atoms with Crippen LogP contribution in [0.3, 0.4) is 0 Å². The van der Waals surface area contributed by atoms with Gasteiger partial charge in [-0.2, -0.15) is 0 Å². The molecule has 20 heavy (non-hydrogen) atoms. The van der Waals surface area contributed by atoms with Crippen molar-refractivity contribution in [2.24, 2.45) is 5.92 Å². The van der Waals surface area contributed by atoms with Gasteiger partial charge in [0.15, 0.2) is 17.4 Å². The Morgan fingerprint density at radius 3 is 2.70 bits per heavy atom. The molecule has 0 aromatic heterocycles. The van der Waals surface area contributed by atoms with Gasteiger partial charge in [0, 0.05) is 5.54 Å². The minimum atomic E-state index is -0.682. The second kappa shape index (κ2) is 6.50. The maximum absolute atomic E-state index is 13.4. The van der Waals surface area contributed by atoms with Crippen molar-refractivity contribution in [1.82, 2.24) is 5.32 Å². The molecule has 2 N–H and O–H groups in total. The number of ether oxygens (including phenoxy) is 1. The predicted octanol–water partition coefficient (Wildman–Crippen LogP) is 2.48. The van der Waals surface area contributed by atoms with E-state index >= 15 is 0 Å². The van der Waals surface area contributed by atoms with E-state index in [0.29, 0.717) is 6.42 Å². The summed E-state index contributed by atoms with van der Waals surface area (Å²) in [4.78, 5) is 0. The zero-order valence-electron chi connectivity index (χ0n) is 11.7. The van der Waals surface area contributed by atoms with E-state index in [1.54, 1.807) is 0 Å². The third kappa shape index (κ3) is 2.94. The fourth-order valence-corrected chi connectivity index (χ4v) is 3.10. The van der Waals surface area contributed by atoms with Crippen molar-refractivity contribution in [1.29, 1.82) is 0 Å². The molecule has 0 spiro atoms. The number of rotatable bonds is 6. The molecule has 1 fully saturated rings. The highest BCUT2D eigenvalue weighted by molar-refractivity contribution is 5.25. The van der Waals surface area contributed by atoms with Crippen LogP contribution in [0.5, 0.6) is 5.75 Å². The van der Waals surface area contributed by atoms with E-state index < -0.39 is 11.6 Å². The zero-order chi connectivity index (χ0) is 14.6. The van der Waals surface area contributed by atoms with Crippen molar-refractivity contribution in [3.05, 3.63) is 29.8 Å². The quantitative estimate of drug-likeness (QED) is 0.843. The van der Waals surface area contributed by atoms with Gasteiger partial charge in [-0.3, -0.25) is 0 Å². The number of likely N-dealkylation sites (N-methyl/N-ethyl adjacent to an activating group) is 1. The Morgan fingerprint density at radius 2 is 2.10 bits per heavy atom. The Morgan fingerprint density at radius 1 is 1.40 bits per heavy atom. The molecule has 3 nitrogen and oxygen atoms in total. The Bertz CT molecular complexity index is 429. The lowest BCUT2D eigenvalue weighted by Gasteiger charge is -2.33. The molecule has 2 unspecified atom stereocenters. The van der Waals surface area contributed by atoms with Gasteiger partial charge < -0.3 is 15.2 Å². The van der Waals surface area contributed by atoms with Crippen LogP contribution < -0.4 is 10.1 Å². The summed E-state index contributed by atoms with van der Waals surface area (Å²) in [6, 6.07) is 3.67. The number of benzene rings is 1. The molecule has 2 atom stereocenters. The lowest BCUT2D eigenvalue weighted by molar-refractivity contribution is 0.116. The standard InChI is InChI=1S/C15H21F2NO2/c1-18-15(10-19)8-3-4-11(15)7-9-20-14-12(16)5-2-6-13(14)17/h2,5-6,11,18-19H,3-4,7-10H2,1H3. The first kappa shape index (κ1) is 15.2. The van der Waals surface area contributed by atoms with Crippen LogP contribution in [-0.4, -0.2) is 30.9 Å². The van der Waals surface area contributed by atoms with Crippen molar-refractivity contribution in [3.8, 4) is 5.75 Å². The largest absolute Gasteiger partial charge is 0.488 e. The molecule has 1 aliphatic carbocycles. The molecule has 1 aromatic rings. The van der Waals surface area contributed by atoms with E-state index in [9.17, 15) is 13.9 Å². The van der Waals surface area contributed by atoms with Crippen LogP contribution in [-0.2, 0) is 0 Å². The minimum Gasteiger partial charge on any atom is -0.488 e. The molecule has 1 saturated carbocycles. The van der Waals surface area contributed by atoms with E-state index in [0.717, 1.165) is 19.3 Å². The molecule has 0 heterocycles. The summed E-state index contributed by atoms with van der Waals surface area (Å²) in [7, 11) is 1.84. The van der Waals surface area contributed by atoms with Crippen LogP contribution in [0.1, 0.15) is 25.7 Å². The molecular weight excluding hydrogens is 264 g/mol. The Kier molecular flexibility index (Phi) is 4.94. The minimum absolute atomic E-state index is 0.0717. The fourth-order valence-electron chi connectivity index (χ4n) is 3.10. The number of hydrogen-bond donors (Lipinski definition) is 2. The number of para-hydroxylation sites is 1. The van der Waals surface area contributed by atoms with Gasteiger partial charge >= 0.3 is 0 Å². The van der Waals surface area contributed by atoms with Crippen molar-refractivity contribution < 1.29 is 18.6 Å². The third-order valence-electron chi connectivity index (χ3n) is 4.37. The van der Waals surface area contributed by atoms with Gasteiger partial charge in [-0.1, -0.05) is 12.5 Å². The van der Waals surface area contributed by atoms with E-state index in [4.69, 9.17) is 4.74 Å². The second-order valence-corrected chi connectivity index (χ2v) is 5.34. The summed E-state index contributed by atoms with van der Waals surface area (Å²) in [6.45, 7) is 0.314. The molecule has 0 radical (unpaired) electrons. The highest BCUT2D eigenvalue weighted by Gasteiger charge is 2.40. The highest BCUT2D eigenvalue weighted by atomic mass is 19.1. The first-order valence-corrected chi connectivity index (χ1v) is 6.99. The van der Waals surface area contributed by atoms with Crippen LogP contribution in [0.15, 0.2) is 18.2 Å². The van der Waals surface area contributed by atoms with Gasteiger partial charge in [0.2, 0.25) is 0 Å². The molecule has 0 aliphatic heterocycles. The average molecular weight is 285 g/mol. The first-order valence-electron chi connectivity index (χ1n) is 6.99. The van der Waals surface area contributed by atoms with Gasteiger partial charge in [-0.15, -0.1) is 0 Å². The third-order valence-corrected chi connectivity index (χ3v) is 4.37. The van der Waals surface area contributed by atoms with Crippen molar-refractivity contribution in [2.75, 3.05) is 20.3 Å². The Hall–Kier alpha value is -1.20. The molecule has 1 aliphatic rings. The fraction of sp³-hybridized carbons (Fsp3) is 0.600. The molecule has 0 amide bonds. The van der Waals surface area contributed by atoms with Crippen molar-refractivity contribution >= 4 is 0 Å². The lowest BCUT2D eigenvalue weighted by Crippen LogP contribution is -2.49. The van der Waals surface area contributed by atoms with Crippen molar-refractivity contribution in [2.45, 2.75) is 31.2 Å². The predicted molar refractivity (Wildman–Crippen MR) is 72.7 cm³/mol. The van der Waals surface area contributed by atoms with E-state index in [2.05, 4.69) is 5.32 Å². The maximum Gasteiger partial charge on any atom is 0.190 e. The van der Waals surface area contributed by atoms with Crippen LogP contribution in [0.4, 0.5) is 8.78 Å².